The zero-order valence-electron chi connectivity index (χ0n) is 15.6. The Balaban J connectivity index is 1.56. The van der Waals surface area contributed by atoms with E-state index in [1.165, 1.54) is 5.56 Å². The summed E-state index contributed by atoms with van der Waals surface area (Å²) >= 11 is 0. The molecule has 142 valence electrons. The van der Waals surface area contributed by atoms with Crippen molar-refractivity contribution in [2.45, 2.75) is 57.9 Å². The Morgan fingerprint density at radius 1 is 1.22 bits per heavy atom. The van der Waals surface area contributed by atoms with E-state index in [0.717, 1.165) is 42.6 Å². The number of carbonyl (C=O) groups is 2. The van der Waals surface area contributed by atoms with Crippen LogP contribution >= 0.6 is 0 Å². The van der Waals surface area contributed by atoms with Crippen molar-refractivity contribution < 1.29 is 14.7 Å². The second kappa shape index (κ2) is 7.18. The van der Waals surface area contributed by atoms with Gasteiger partial charge in [0.2, 0.25) is 0 Å². The van der Waals surface area contributed by atoms with E-state index in [-0.39, 0.29) is 17.9 Å². The van der Waals surface area contributed by atoms with E-state index >= 15 is 0 Å². The molecule has 2 aliphatic rings. The molecule has 1 aromatic heterocycles. The Kier molecular flexibility index (Phi) is 4.72. The second-order valence-electron chi connectivity index (χ2n) is 7.58. The molecule has 1 saturated carbocycles. The smallest absolute Gasteiger partial charge is 0.306 e. The van der Waals surface area contributed by atoms with Gasteiger partial charge in [-0.1, -0.05) is 19.1 Å². The van der Waals surface area contributed by atoms with Crippen LogP contribution in [-0.2, 0) is 24.1 Å². The molecule has 2 aliphatic carbocycles. The number of fused-ring (bicyclic) bond motifs is 1. The standard InChI is InChI=1S/C21H25N3O3/c1-2-13-6-10-16(11-7-13)24-18-5-3-4-17(18)19(23-24)20(25)22-15-9-8-14(12-15)21(26)27/h6-7,10-11,14-15H,2-5,8-9,12H2,1H3,(H,22,25)(H,26,27)/t14-,15+/m1/s1. The largest absolute Gasteiger partial charge is 0.481 e. The van der Waals surface area contributed by atoms with Gasteiger partial charge in [-0.05, 0) is 62.6 Å². The maximum absolute atomic E-state index is 12.8. The molecule has 2 aromatic rings. The van der Waals surface area contributed by atoms with E-state index in [0.29, 0.717) is 25.0 Å². The molecule has 0 radical (unpaired) electrons. The number of carboxylic acid groups (broad SMARTS) is 1. The minimum atomic E-state index is -0.771. The van der Waals surface area contributed by atoms with E-state index in [2.05, 4.69) is 41.6 Å². The van der Waals surface area contributed by atoms with Gasteiger partial charge in [0.15, 0.2) is 5.69 Å². The van der Waals surface area contributed by atoms with Crippen LogP contribution in [-0.4, -0.2) is 32.8 Å². The SMILES string of the molecule is CCc1ccc(-n2nc(C(=O)N[C@H]3CC[C@@H](C(=O)O)C3)c3c2CCC3)cc1. The third-order valence-electron chi connectivity index (χ3n) is 5.85. The van der Waals surface area contributed by atoms with Gasteiger partial charge in [0.25, 0.3) is 5.91 Å². The molecule has 27 heavy (non-hydrogen) atoms. The van der Waals surface area contributed by atoms with E-state index in [1.807, 2.05) is 4.68 Å². The summed E-state index contributed by atoms with van der Waals surface area (Å²) in [6, 6.07) is 8.23. The van der Waals surface area contributed by atoms with E-state index in [4.69, 9.17) is 5.11 Å². The first kappa shape index (κ1) is 17.8. The van der Waals surface area contributed by atoms with Crippen molar-refractivity contribution in [1.82, 2.24) is 15.1 Å². The van der Waals surface area contributed by atoms with Crippen molar-refractivity contribution in [2.75, 3.05) is 0 Å². The molecule has 6 nitrogen and oxygen atoms in total. The molecule has 1 aromatic carbocycles. The first-order valence-electron chi connectivity index (χ1n) is 9.80. The Labute approximate surface area is 158 Å². The van der Waals surface area contributed by atoms with Crippen molar-refractivity contribution in [3.63, 3.8) is 0 Å². The zero-order chi connectivity index (χ0) is 19.0. The maximum Gasteiger partial charge on any atom is 0.306 e. The van der Waals surface area contributed by atoms with Crippen LogP contribution in [0.4, 0.5) is 0 Å². The van der Waals surface area contributed by atoms with Gasteiger partial charge in [-0.2, -0.15) is 5.10 Å². The lowest BCUT2D eigenvalue weighted by Crippen LogP contribution is -2.34. The Hall–Kier alpha value is -2.63. The van der Waals surface area contributed by atoms with Crippen LogP contribution in [0.15, 0.2) is 24.3 Å². The second-order valence-corrected chi connectivity index (χ2v) is 7.58. The summed E-state index contributed by atoms with van der Waals surface area (Å²) in [5, 5.41) is 16.8. The van der Waals surface area contributed by atoms with Crippen molar-refractivity contribution in [3.8, 4) is 5.69 Å². The molecule has 1 heterocycles. The fourth-order valence-corrected chi connectivity index (χ4v) is 4.30. The average Bonchev–Trinajstić information content (AvgIpc) is 3.38. The van der Waals surface area contributed by atoms with Crippen LogP contribution in [0.2, 0.25) is 0 Å². The molecule has 1 amide bonds. The van der Waals surface area contributed by atoms with Crippen LogP contribution in [0.5, 0.6) is 0 Å². The van der Waals surface area contributed by atoms with Gasteiger partial charge in [0, 0.05) is 17.3 Å². The summed E-state index contributed by atoms with van der Waals surface area (Å²) in [7, 11) is 0. The van der Waals surface area contributed by atoms with Crippen LogP contribution in [0.1, 0.15) is 59.9 Å². The van der Waals surface area contributed by atoms with Crippen molar-refractivity contribution in [3.05, 3.63) is 46.8 Å². The number of aryl methyl sites for hydroxylation is 1. The number of hydrogen-bond donors (Lipinski definition) is 2. The molecular formula is C21H25N3O3. The summed E-state index contributed by atoms with van der Waals surface area (Å²) in [5.74, 6) is -1.30. The van der Waals surface area contributed by atoms with Crippen LogP contribution in [0.3, 0.4) is 0 Å². The van der Waals surface area contributed by atoms with Gasteiger partial charge >= 0.3 is 5.97 Å². The lowest BCUT2D eigenvalue weighted by Gasteiger charge is -2.11. The Morgan fingerprint density at radius 3 is 2.67 bits per heavy atom. The minimum absolute atomic E-state index is 0.0790. The Bertz CT molecular complexity index is 870. The zero-order valence-corrected chi connectivity index (χ0v) is 15.6. The number of hydrogen-bond acceptors (Lipinski definition) is 3. The molecule has 2 N–H and O–H groups in total. The molecule has 0 saturated heterocycles. The van der Waals surface area contributed by atoms with Gasteiger partial charge < -0.3 is 10.4 Å². The third kappa shape index (κ3) is 3.36. The molecule has 0 aliphatic heterocycles. The third-order valence-corrected chi connectivity index (χ3v) is 5.85. The van der Waals surface area contributed by atoms with Crippen LogP contribution in [0, 0.1) is 5.92 Å². The van der Waals surface area contributed by atoms with Crippen molar-refractivity contribution in [2.24, 2.45) is 5.92 Å². The fourth-order valence-electron chi connectivity index (χ4n) is 4.30. The number of carboxylic acids is 1. The normalized spacial score (nSPS) is 21.2. The molecular weight excluding hydrogens is 342 g/mol. The molecule has 6 heteroatoms. The number of carbonyl (C=O) groups excluding carboxylic acids is 1. The van der Waals surface area contributed by atoms with E-state index < -0.39 is 5.97 Å². The van der Waals surface area contributed by atoms with Crippen molar-refractivity contribution in [1.29, 1.82) is 0 Å². The highest BCUT2D eigenvalue weighted by atomic mass is 16.4. The van der Waals surface area contributed by atoms with Crippen LogP contribution in [0.25, 0.3) is 5.69 Å². The highest BCUT2D eigenvalue weighted by Gasteiger charge is 2.33. The monoisotopic (exact) mass is 367 g/mol. The number of benzene rings is 1. The number of aliphatic carboxylic acids is 1. The van der Waals surface area contributed by atoms with Gasteiger partial charge in [-0.15, -0.1) is 0 Å². The predicted octanol–water partition coefficient (Wildman–Crippen LogP) is 2.91. The van der Waals surface area contributed by atoms with Gasteiger partial charge in [-0.3, -0.25) is 9.59 Å². The minimum Gasteiger partial charge on any atom is -0.481 e. The highest BCUT2D eigenvalue weighted by Crippen LogP contribution is 2.29. The number of amides is 1. The quantitative estimate of drug-likeness (QED) is 0.851. The molecule has 2 atom stereocenters. The lowest BCUT2D eigenvalue weighted by atomic mass is 10.1. The first-order valence-corrected chi connectivity index (χ1v) is 9.80. The summed E-state index contributed by atoms with van der Waals surface area (Å²) in [5.41, 5.74) is 4.92. The summed E-state index contributed by atoms with van der Waals surface area (Å²) in [6.45, 7) is 2.13. The number of aromatic nitrogens is 2. The maximum atomic E-state index is 12.8. The van der Waals surface area contributed by atoms with Gasteiger partial charge in [0.1, 0.15) is 0 Å². The summed E-state index contributed by atoms with van der Waals surface area (Å²) < 4.78 is 1.91. The van der Waals surface area contributed by atoms with Gasteiger partial charge in [-0.25, -0.2) is 4.68 Å². The van der Waals surface area contributed by atoms with E-state index in [1.54, 1.807) is 0 Å². The lowest BCUT2D eigenvalue weighted by molar-refractivity contribution is -0.141. The topological polar surface area (TPSA) is 84.2 Å². The summed E-state index contributed by atoms with van der Waals surface area (Å²) in [4.78, 5) is 24.0. The molecule has 0 spiro atoms. The van der Waals surface area contributed by atoms with Crippen molar-refractivity contribution >= 4 is 11.9 Å². The molecule has 1 fully saturated rings. The molecule has 4 rings (SSSR count). The fraction of sp³-hybridized carbons (Fsp3) is 0.476. The summed E-state index contributed by atoms with van der Waals surface area (Å²) in [6.07, 6.45) is 5.65. The first-order chi connectivity index (χ1) is 13.1. The van der Waals surface area contributed by atoms with Gasteiger partial charge in [0.05, 0.1) is 11.6 Å². The molecule has 0 unspecified atom stereocenters. The number of nitrogens with zero attached hydrogens (tertiary/aromatic N) is 2. The molecule has 0 bridgehead atoms. The number of rotatable bonds is 5. The van der Waals surface area contributed by atoms with E-state index in [9.17, 15) is 9.59 Å². The highest BCUT2D eigenvalue weighted by molar-refractivity contribution is 5.94. The number of nitrogens with one attached hydrogen (secondary N) is 1. The predicted molar refractivity (Wildman–Crippen MR) is 101 cm³/mol. The Morgan fingerprint density at radius 2 is 2.00 bits per heavy atom. The average molecular weight is 367 g/mol. The van der Waals surface area contributed by atoms with Crippen LogP contribution < -0.4 is 5.32 Å².